The van der Waals surface area contributed by atoms with E-state index in [0.29, 0.717) is 16.6 Å². The number of rotatable bonds is 8. The third kappa shape index (κ3) is 6.11. The molecule has 0 spiro atoms. The Morgan fingerprint density at radius 3 is 2.73 bits per heavy atom. The van der Waals surface area contributed by atoms with Gasteiger partial charge in [-0.2, -0.15) is 11.8 Å². The first-order valence-electron chi connectivity index (χ1n) is 8.40. The Morgan fingerprint density at radius 2 is 2.00 bits per heavy atom. The second-order valence-corrected chi connectivity index (χ2v) is 7.99. The van der Waals surface area contributed by atoms with Crippen LogP contribution < -0.4 is 10.1 Å². The second kappa shape index (κ2) is 10.1. The molecule has 0 aliphatic carbocycles. The SMILES string of the molecule is Cc1cccc(O[C@H](C)C(=O)NCCSCc2ccc(Cl)cc2Cl)c1C. The summed E-state index contributed by atoms with van der Waals surface area (Å²) in [7, 11) is 0. The molecule has 26 heavy (non-hydrogen) atoms. The summed E-state index contributed by atoms with van der Waals surface area (Å²) in [4.78, 5) is 12.2. The highest BCUT2D eigenvalue weighted by Crippen LogP contribution is 2.24. The number of aryl methyl sites for hydroxylation is 1. The van der Waals surface area contributed by atoms with Crippen LogP contribution in [0.3, 0.4) is 0 Å². The summed E-state index contributed by atoms with van der Waals surface area (Å²) in [6, 6.07) is 11.3. The first-order valence-corrected chi connectivity index (χ1v) is 10.3. The normalized spacial score (nSPS) is 11.9. The summed E-state index contributed by atoms with van der Waals surface area (Å²) in [5, 5.41) is 4.21. The summed E-state index contributed by atoms with van der Waals surface area (Å²) in [6.45, 7) is 6.36. The molecule has 0 aliphatic heterocycles. The van der Waals surface area contributed by atoms with Crippen molar-refractivity contribution in [3.8, 4) is 5.75 Å². The standard InChI is InChI=1S/C20H23Cl2NO2S/c1-13-5-4-6-19(14(13)2)25-15(3)20(24)23-9-10-26-12-16-7-8-17(21)11-18(16)22/h4-8,11,15H,9-10,12H2,1-3H3,(H,23,24)/t15-/m1/s1. The van der Waals surface area contributed by atoms with Crippen molar-refractivity contribution >= 4 is 40.9 Å². The van der Waals surface area contributed by atoms with Gasteiger partial charge >= 0.3 is 0 Å². The molecule has 1 amide bonds. The number of carbonyl (C=O) groups excluding carboxylic acids is 1. The first kappa shape index (κ1) is 20.9. The van der Waals surface area contributed by atoms with E-state index in [1.807, 2.05) is 44.2 Å². The third-order valence-corrected chi connectivity index (χ3v) is 5.64. The molecule has 0 heterocycles. The van der Waals surface area contributed by atoms with E-state index in [0.717, 1.165) is 33.9 Å². The number of thioether (sulfide) groups is 1. The minimum Gasteiger partial charge on any atom is -0.481 e. The van der Waals surface area contributed by atoms with Crippen molar-refractivity contribution in [1.82, 2.24) is 5.32 Å². The summed E-state index contributed by atoms with van der Waals surface area (Å²) >= 11 is 13.7. The number of amides is 1. The number of halogens is 2. The molecule has 1 N–H and O–H groups in total. The van der Waals surface area contributed by atoms with Gasteiger partial charge in [0.25, 0.3) is 5.91 Å². The van der Waals surface area contributed by atoms with Crippen molar-refractivity contribution in [3.05, 3.63) is 63.1 Å². The van der Waals surface area contributed by atoms with Gasteiger partial charge < -0.3 is 10.1 Å². The van der Waals surface area contributed by atoms with E-state index in [2.05, 4.69) is 5.32 Å². The molecule has 2 rings (SSSR count). The maximum atomic E-state index is 12.2. The molecular formula is C20H23Cl2NO2S. The van der Waals surface area contributed by atoms with Crippen LogP contribution in [0.15, 0.2) is 36.4 Å². The number of ether oxygens (including phenoxy) is 1. The van der Waals surface area contributed by atoms with Crippen LogP contribution in [0, 0.1) is 13.8 Å². The van der Waals surface area contributed by atoms with Crippen molar-refractivity contribution in [2.75, 3.05) is 12.3 Å². The van der Waals surface area contributed by atoms with E-state index in [1.54, 1.807) is 24.8 Å². The molecule has 6 heteroatoms. The van der Waals surface area contributed by atoms with Gasteiger partial charge in [0.05, 0.1) is 0 Å². The van der Waals surface area contributed by atoms with Gasteiger partial charge in [-0.25, -0.2) is 0 Å². The molecule has 0 aliphatic rings. The fourth-order valence-electron chi connectivity index (χ4n) is 2.31. The van der Waals surface area contributed by atoms with Gasteiger partial charge in [0.2, 0.25) is 0 Å². The number of nitrogens with one attached hydrogen (secondary N) is 1. The van der Waals surface area contributed by atoms with Crippen molar-refractivity contribution in [2.24, 2.45) is 0 Å². The predicted octanol–water partition coefficient (Wildman–Crippen LogP) is 5.43. The molecule has 0 bridgehead atoms. The van der Waals surface area contributed by atoms with E-state index in [4.69, 9.17) is 27.9 Å². The Morgan fingerprint density at radius 1 is 1.23 bits per heavy atom. The van der Waals surface area contributed by atoms with Crippen molar-refractivity contribution < 1.29 is 9.53 Å². The number of hydrogen-bond donors (Lipinski definition) is 1. The molecule has 2 aromatic carbocycles. The highest BCUT2D eigenvalue weighted by atomic mass is 35.5. The molecule has 0 radical (unpaired) electrons. The van der Waals surface area contributed by atoms with E-state index >= 15 is 0 Å². The van der Waals surface area contributed by atoms with Crippen LogP contribution in [0.4, 0.5) is 0 Å². The summed E-state index contributed by atoms with van der Waals surface area (Å²) in [6.07, 6.45) is -0.536. The maximum Gasteiger partial charge on any atom is 0.260 e. The van der Waals surface area contributed by atoms with E-state index in [1.165, 1.54) is 0 Å². The largest absolute Gasteiger partial charge is 0.481 e. The molecule has 3 nitrogen and oxygen atoms in total. The molecule has 2 aromatic rings. The number of benzene rings is 2. The molecule has 140 valence electrons. The lowest BCUT2D eigenvalue weighted by Gasteiger charge is -2.17. The monoisotopic (exact) mass is 411 g/mol. The number of hydrogen-bond acceptors (Lipinski definition) is 3. The fraction of sp³-hybridized carbons (Fsp3) is 0.350. The third-order valence-electron chi connectivity index (χ3n) is 4.05. The predicted molar refractivity (Wildman–Crippen MR) is 112 cm³/mol. The van der Waals surface area contributed by atoms with E-state index < -0.39 is 6.10 Å². The first-order chi connectivity index (χ1) is 12.4. The van der Waals surface area contributed by atoms with Crippen LogP contribution in [0.1, 0.15) is 23.6 Å². The fourth-order valence-corrected chi connectivity index (χ4v) is 3.72. The Hall–Kier alpha value is -1.36. The van der Waals surface area contributed by atoms with Crippen LogP contribution in [0.25, 0.3) is 0 Å². The van der Waals surface area contributed by atoms with Gasteiger partial charge in [-0.05, 0) is 55.7 Å². The Balaban J connectivity index is 1.72. The zero-order valence-corrected chi connectivity index (χ0v) is 17.5. The minimum absolute atomic E-state index is 0.115. The van der Waals surface area contributed by atoms with Gasteiger partial charge in [0.15, 0.2) is 6.10 Å². The second-order valence-electron chi connectivity index (χ2n) is 6.04. The Kier molecular flexibility index (Phi) is 8.14. The molecule has 0 aromatic heterocycles. The van der Waals surface area contributed by atoms with Gasteiger partial charge in [0.1, 0.15) is 5.75 Å². The summed E-state index contributed by atoms with van der Waals surface area (Å²) < 4.78 is 5.79. The maximum absolute atomic E-state index is 12.2. The van der Waals surface area contributed by atoms with Crippen LogP contribution in [-0.4, -0.2) is 24.3 Å². The molecule has 0 fully saturated rings. The number of carbonyl (C=O) groups is 1. The van der Waals surface area contributed by atoms with Gasteiger partial charge in [-0.15, -0.1) is 0 Å². The average molecular weight is 412 g/mol. The van der Waals surface area contributed by atoms with Crippen molar-refractivity contribution in [1.29, 1.82) is 0 Å². The zero-order chi connectivity index (χ0) is 19.1. The van der Waals surface area contributed by atoms with E-state index in [9.17, 15) is 4.79 Å². The molecular weight excluding hydrogens is 389 g/mol. The highest BCUT2D eigenvalue weighted by Gasteiger charge is 2.15. The molecule has 0 unspecified atom stereocenters. The Bertz CT molecular complexity index is 767. The van der Waals surface area contributed by atoms with Crippen molar-refractivity contribution in [3.63, 3.8) is 0 Å². The lowest BCUT2D eigenvalue weighted by molar-refractivity contribution is -0.127. The van der Waals surface area contributed by atoms with Crippen LogP contribution in [-0.2, 0) is 10.5 Å². The lowest BCUT2D eigenvalue weighted by atomic mass is 10.1. The minimum atomic E-state index is -0.536. The van der Waals surface area contributed by atoms with Gasteiger partial charge in [-0.1, -0.05) is 41.4 Å². The molecule has 0 saturated carbocycles. The summed E-state index contributed by atoms with van der Waals surface area (Å²) in [5.74, 6) is 2.21. The van der Waals surface area contributed by atoms with Crippen LogP contribution in [0.2, 0.25) is 10.0 Å². The van der Waals surface area contributed by atoms with Crippen LogP contribution >= 0.6 is 35.0 Å². The Labute approximate surface area is 169 Å². The topological polar surface area (TPSA) is 38.3 Å². The molecule has 0 saturated heterocycles. The van der Waals surface area contributed by atoms with Crippen molar-refractivity contribution in [2.45, 2.75) is 32.6 Å². The van der Waals surface area contributed by atoms with Gasteiger partial charge in [-0.3, -0.25) is 4.79 Å². The molecule has 1 atom stereocenters. The van der Waals surface area contributed by atoms with Crippen LogP contribution in [0.5, 0.6) is 5.75 Å². The van der Waals surface area contributed by atoms with E-state index in [-0.39, 0.29) is 5.91 Å². The average Bonchev–Trinajstić information content (AvgIpc) is 2.60. The summed E-state index contributed by atoms with van der Waals surface area (Å²) in [5.41, 5.74) is 3.24. The lowest BCUT2D eigenvalue weighted by Crippen LogP contribution is -2.37. The van der Waals surface area contributed by atoms with Gasteiger partial charge in [0, 0.05) is 28.1 Å². The quantitative estimate of drug-likeness (QED) is 0.588. The highest BCUT2D eigenvalue weighted by molar-refractivity contribution is 7.98. The smallest absolute Gasteiger partial charge is 0.260 e. The zero-order valence-electron chi connectivity index (χ0n) is 15.1.